The van der Waals surface area contributed by atoms with Gasteiger partial charge in [-0.25, -0.2) is 0 Å². The van der Waals surface area contributed by atoms with Crippen LogP contribution in [0.1, 0.15) is 51.4 Å². The summed E-state index contributed by atoms with van der Waals surface area (Å²) < 4.78 is 4.85. The fourth-order valence-corrected chi connectivity index (χ4v) is 1.54. The number of aliphatic hydroxyl groups excluding tert-OH is 1. The molecule has 0 rings (SSSR count). The van der Waals surface area contributed by atoms with E-state index >= 15 is 0 Å². The first-order valence-corrected chi connectivity index (χ1v) is 6.41. The lowest BCUT2D eigenvalue weighted by molar-refractivity contribution is -0.145. The van der Waals surface area contributed by atoms with Crippen molar-refractivity contribution in [1.29, 1.82) is 0 Å². The first-order valence-electron chi connectivity index (χ1n) is 6.41. The van der Waals surface area contributed by atoms with E-state index in [1.165, 1.54) is 0 Å². The van der Waals surface area contributed by atoms with Gasteiger partial charge in [0.2, 0.25) is 0 Å². The molecule has 0 saturated heterocycles. The van der Waals surface area contributed by atoms with Gasteiger partial charge in [0.25, 0.3) is 0 Å². The molecule has 0 heterocycles. The largest absolute Gasteiger partial charge is 0.465 e. The minimum absolute atomic E-state index is 0.0505. The fraction of sp³-hybridized carbons (Fsp3) is 0.667. The Balaban J connectivity index is 3.42. The van der Waals surface area contributed by atoms with Crippen LogP contribution in [-0.4, -0.2) is 23.8 Å². The Morgan fingerprint density at radius 1 is 1.11 bits per heavy atom. The number of carbonyl (C=O) groups is 1. The zero-order chi connectivity index (χ0) is 13.6. The summed E-state index contributed by atoms with van der Waals surface area (Å²) in [5.41, 5.74) is 0. The van der Waals surface area contributed by atoms with E-state index in [4.69, 9.17) is 17.6 Å². The average molecular weight is 250 g/mol. The van der Waals surface area contributed by atoms with Crippen LogP contribution in [0.4, 0.5) is 0 Å². The number of aliphatic hydroxyl groups is 1. The molecule has 0 aromatic heterocycles. The van der Waals surface area contributed by atoms with E-state index in [-0.39, 0.29) is 19.0 Å². The number of hydrogen-bond acceptors (Lipinski definition) is 3. The summed E-state index contributed by atoms with van der Waals surface area (Å²) in [5, 5.41) is 9.61. The lowest BCUT2D eigenvalue weighted by Gasteiger charge is -2.09. The summed E-state index contributed by atoms with van der Waals surface area (Å²) in [5.74, 6) is 4.59. The predicted molar refractivity (Wildman–Crippen MR) is 71.6 cm³/mol. The van der Waals surface area contributed by atoms with Crippen molar-refractivity contribution in [3.63, 3.8) is 0 Å². The van der Waals surface area contributed by atoms with E-state index < -0.39 is 6.10 Å². The zero-order valence-electron chi connectivity index (χ0n) is 10.9. The van der Waals surface area contributed by atoms with Crippen molar-refractivity contribution in [1.82, 2.24) is 0 Å². The number of terminal acetylenes is 2. The normalized spacial score (nSPS) is 11.3. The highest BCUT2D eigenvalue weighted by atomic mass is 16.5. The number of hydrogen-bond donors (Lipinski definition) is 1. The second-order valence-corrected chi connectivity index (χ2v) is 4.19. The van der Waals surface area contributed by atoms with Crippen molar-refractivity contribution < 1.29 is 14.6 Å². The van der Waals surface area contributed by atoms with E-state index in [2.05, 4.69) is 11.8 Å². The molecule has 0 aromatic carbocycles. The lowest BCUT2D eigenvalue weighted by atomic mass is 10.1. The van der Waals surface area contributed by atoms with Crippen LogP contribution in [0.5, 0.6) is 0 Å². The summed E-state index contributed by atoms with van der Waals surface area (Å²) in [4.78, 5) is 11.2. The fourth-order valence-electron chi connectivity index (χ4n) is 1.54. The molecule has 0 aromatic rings. The molecule has 0 amide bonds. The van der Waals surface area contributed by atoms with Gasteiger partial charge in [-0.3, -0.25) is 4.79 Å². The molecule has 3 heteroatoms. The maximum Gasteiger partial charge on any atom is 0.308 e. The van der Waals surface area contributed by atoms with Gasteiger partial charge in [0, 0.05) is 12.8 Å². The Bertz CT molecular complexity index is 296. The molecule has 0 bridgehead atoms. The molecule has 0 saturated carbocycles. The molecule has 3 nitrogen and oxygen atoms in total. The zero-order valence-corrected chi connectivity index (χ0v) is 10.9. The van der Waals surface area contributed by atoms with Crippen LogP contribution in [0.3, 0.4) is 0 Å². The SMILES string of the molecule is C#CCCCCCCC(O)CC(=O)OCCC#C. The molecule has 1 unspecified atom stereocenters. The van der Waals surface area contributed by atoms with Crippen LogP contribution < -0.4 is 0 Å². The molecule has 0 spiro atoms. The summed E-state index contributed by atoms with van der Waals surface area (Å²) in [7, 11) is 0. The van der Waals surface area contributed by atoms with Crippen LogP contribution in [0.15, 0.2) is 0 Å². The Morgan fingerprint density at radius 3 is 2.44 bits per heavy atom. The van der Waals surface area contributed by atoms with Gasteiger partial charge in [0.15, 0.2) is 0 Å². The molecule has 0 aliphatic carbocycles. The smallest absolute Gasteiger partial charge is 0.308 e. The number of rotatable bonds is 10. The molecular weight excluding hydrogens is 228 g/mol. The molecule has 0 radical (unpaired) electrons. The third-order valence-electron chi connectivity index (χ3n) is 2.52. The van der Waals surface area contributed by atoms with Gasteiger partial charge in [-0.15, -0.1) is 24.7 Å². The van der Waals surface area contributed by atoms with E-state index in [1.54, 1.807) is 0 Å². The third-order valence-corrected chi connectivity index (χ3v) is 2.52. The van der Waals surface area contributed by atoms with E-state index in [0.717, 1.165) is 32.1 Å². The Kier molecular flexibility index (Phi) is 11.1. The van der Waals surface area contributed by atoms with Crippen molar-refractivity contribution >= 4 is 5.97 Å². The Hall–Kier alpha value is -1.45. The maximum atomic E-state index is 11.2. The van der Waals surface area contributed by atoms with Gasteiger partial charge >= 0.3 is 5.97 Å². The van der Waals surface area contributed by atoms with Gasteiger partial charge < -0.3 is 9.84 Å². The van der Waals surface area contributed by atoms with Crippen LogP contribution in [0.25, 0.3) is 0 Å². The van der Waals surface area contributed by atoms with Crippen LogP contribution in [0, 0.1) is 24.7 Å². The summed E-state index contributed by atoms with van der Waals surface area (Å²) in [6.07, 6.45) is 15.5. The van der Waals surface area contributed by atoms with E-state index in [1.807, 2.05) is 0 Å². The molecule has 0 aliphatic heterocycles. The van der Waals surface area contributed by atoms with Crippen molar-refractivity contribution in [3.8, 4) is 24.7 Å². The topological polar surface area (TPSA) is 46.5 Å². The third kappa shape index (κ3) is 11.0. The van der Waals surface area contributed by atoms with Crippen molar-refractivity contribution in [2.75, 3.05) is 6.61 Å². The first-order chi connectivity index (χ1) is 8.70. The van der Waals surface area contributed by atoms with Crippen molar-refractivity contribution in [3.05, 3.63) is 0 Å². The molecule has 0 aliphatic rings. The number of carbonyl (C=O) groups excluding carboxylic acids is 1. The summed E-state index contributed by atoms with van der Waals surface area (Å²) in [6, 6.07) is 0. The Labute approximate surface area is 110 Å². The Morgan fingerprint density at radius 2 is 1.78 bits per heavy atom. The molecule has 1 N–H and O–H groups in total. The van der Waals surface area contributed by atoms with Crippen LogP contribution in [-0.2, 0) is 9.53 Å². The monoisotopic (exact) mass is 250 g/mol. The van der Waals surface area contributed by atoms with Crippen molar-refractivity contribution in [2.24, 2.45) is 0 Å². The maximum absolute atomic E-state index is 11.2. The number of ether oxygens (including phenoxy) is 1. The second-order valence-electron chi connectivity index (χ2n) is 4.19. The van der Waals surface area contributed by atoms with Gasteiger partial charge in [-0.2, -0.15) is 0 Å². The first kappa shape index (κ1) is 16.6. The van der Waals surface area contributed by atoms with Gasteiger partial charge in [-0.05, 0) is 12.8 Å². The number of unbranched alkanes of at least 4 members (excludes halogenated alkanes) is 4. The van der Waals surface area contributed by atoms with E-state index in [0.29, 0.717) is 12.8 Å². The van der Waals surface area contributed by atoms with Crippen molar-refractivity contribution in [2.45, 2.75) is 57.5 Å². The highest BCUT2D eigenvalue weighted by Gasteiger charge is 2.11. The minimum Gasteiger partial charge on any atom is -0.465 e. The molecule has 18 heavy (non-hydrogen) atoms. The highest BCUT2D eigenvalue weighted by molar-refractivity contribution is 5.69. The predicted octanol–water partition coefficient (Wildman–Crippen LogP) is 2.28. The second kappa shape index (κ2) is 12.0. The van der Waals surface area contributed by atoms with Gasteiger partial charge in [0.05, 0.1) is 12.5 Å². The lowest BCUT2D eigenvalue weighted by Crippen LogP contribution is -2.16. The van der Waals surface area contributed by atoms with Gasteiger partial charge in [-0.1, -0.05) is 19.3 Å². The minimum atomic E-state index is -0.615. The molecule has 100 valence electrons. The van der Waals surface area contributed by atoms with Crippen LogP contribution in [0.2, 0.25) is 0 Å². The standard InChI is InChI=1S/C15H22O3/c1-3-5-7-8-9-10-11-14(16)13-15(17)18-12-6-4-2/h1-2,14,16H,5-13H2. The summed E-state index contributed by atoms with van der Waals surface area (Å²) in [6.45, 7) is 0.230. The average Bonchev–Trinajstić information content (AvgIpc) is 2.34. The van der Waals surface area contributed by atoms with Crippen LogP contribution >= 0.6 is 0 Å². The highest BCUT2D eigenvalue weighted by Crippen LogP contribution is 2.09. The molecular formula is C15H22O3. The summed E-state index contributed by atoms with van der Waals surface area (Å²) >= 11 is 0. The molecule has 0 fully saturated rings. The van der Waals surface area contributed by atoms with E-state index in [9.17, 15) is 9.90 Å². The van der Waals surface area contributed by atoms with Gasteiger partial charge in [0.1, 0.15) is 6.61 Å². The number of esters is 1. The quantitative estimate of drug-likeness (QED) is 0.367. The molecule has 1 atom stereocenters.